The van der Waals surface area contributed by atoms with Crippen LogP contribution < -0.4 is 0 Å². The van der Waals surface area contributed by atoms with Crippen LogP contribution in [-0.2, 0) is 16.1 Å². The normalized spacial score (nSPS) is 11.2. The van der Waals surface area contributed by atoms with Gasteiger partial charge in [0.2, 0.25) is 0 Å². The minimum absolute atomic E-state index is 0.141. The average Bonchev–Trinajstić information content (AvgIpc) is 3.01. The minimum Gasteiger partial charge on any atom is -0.507 e. The van der Waals surface area contributed by atoms with E-state index in [-0.39, 0.29) is 23.6 Å². The number of thioether (sulfide) groups is 1. The molecule has 3 aromatic rings. The molecule has 0 atom stereocenters. The molecule has 0 fully saturated rings. The average molecular weight is 371 g/mol. The van der Waals surface area contributed by atoms with E-state index in [4.69, 9.17) is 4.74 Å². The number of fused-ring (bicyclic) bond motifs is 1. The van der Waals surface area contributed by atoms with E-state index in [0.29, 0.717) is 23.1 Å². The fraction of sp³-hybridized carbons (Fsp3) is 0.316. The molecule has 0 unspecified atom stereocenters. The van der Waals surface area contributed by atoms with Gasteiger partial charge in [0.25, 0.3) is 0 Å². The molecule has 0 aliphatic carbocycles. The molecule has 0 bridgehead atoms. The maximum Gasteiger partial charge on any atom is 0.316 e. The molecule has 1 heterocycles. The summed E-state index contributed by atoms with van der Waals surface area (Å²) >= 11 is 1.28. The molecular formula is C19H21N3O3S. The summed E-state index contributed by atoms with van der Waals surface area (Å²) in [6.45, 7) is 6.23. The van der Waals surface area contributed by atoms with Crippen LogP contribution in [0.15, 0.2) is 41.6 Å². The maximum absolute atomic E-state index is 11.8. The van der Waals surface area contributed by atoms with Crippen molar-refractivity contribution in [3.63, 3.8) is 0 Å². The van der Waals surface area contributed by atoms with Crippen LogP contribution in [0.25, 0.3) is 22.2 Å². The lowest BCUT2D eigenvalue weighted by Crippen LogP contribution is -2.13. The number of phenolic OH excluding ortho intramolecular Hbond substituents is 1. The molecule has 0 aliphatic rings. The van der Waals surface area contributed by atoms with Gasteiger partial charge in [0.1, 0.15) is 5.75 Å². The quantitative estimate of drug-likeness (QED) is 0.524. The van der Waals surface area contributed by atoms with Crippen molar-refractivity contribution in [2.24, 2.45) is 0 Å². The highest BCUT2D eigenvalue weighted by Gasteiger charge is 2.18. The van der Waals surface area contributed by atoms with Gasteiger partial charge in [-0.15, -0.1) is 10.2 Å². The van der Waals surface area contributed by atoms with Crippen LogP contribution in [0, 0.1) is 0 Å². The van der Waals surface area contributed by atoms with Crippen LogP contribution >= 0.6 is 11.8 Å². The molecule has 26 heavy (non-hydrogen) atoms. The summed E-state index contributed by atoms with van der Waals surface area (Å²) in [4.78, 5) is 11.8. The number of esters is 1. The lowest BCUT2D eigenvalue weighted by Gasteiger charge is -2.10. The van der Waals surface area contributed by atoms with Crippen molar-refractivity contribution >= 4 is 28.5 Å². The van der Waals surface area contributed by atoms with Gasteiger partial charge in [-0.25, -0.2) is 0 Å². The molecule has 0 spiro atoms. The molecule has 0 saturated carbocycles. The van der Waals surface area contributed by atoms with Gasteiger partial charge in [-0.2, -0.15) is 0 Å². The summed E-state index contributed by atoms with van der Waals surface area (Å²) < 4.78 is 7.03. The third-order valence-electron chi connectivity index (χ3n) is 3.82. The summed E-state index contributed by atoms with van der Waals surface area (Å²) in [7, 11) is 0. The maximum atomic E-state index is 11.8. The van der Waals surface area contributed by atoms with Crippen molar-refractivity contribution in [1.82, 2.24) is 14.8 Å². The molecule has 0 aliphatic heterocycles. The number of carbonyl (C=O) groups excluding carboxylic acids is 1. The lowest BCUT2D eigenvalue weighted by atomic mass is 10.1. The highest BCUT2D eigenvalue weighted by Crippen LogP contribution is 2.34. The summed E-state index contributed by atoms with van der Waals surface area (Å²) in [5, 5.41) is 21.5. The van der Waals surface area contributed by atoms with Gasteiger partial charge < -0.3 is 14.4 Å². The van der Waals surface area contributed by atoms with Crippen LogP contribution in [0.3, 0.4) is 0 Å². The smallest absolute Gasteiger partial charge is 0.316 e. The van der Waals surface area contributed by atoms with Crippen molar-refractivity contribution in [2.75, 3.05) is 5.75 Å². The van der Waals surface area contributed by atoms with E-state index >= 15 is 0 Å². The summed E-state index contributed by atoms with van der Waals surface area (Å²) in [5.41, 5.74) is 0.620. The third kappa shape index (κ3) is 3.83. The van der Waals surface area contributed by atoms with E-state index in [1.54, 1.807) is 6.07 Å². The monoisotopic (exact) mass is 371 g/mol. The number of hydrogen-bond acceptors (Lipinski definition) is 6. The fourth-order valence-electron chi connectivity index (χ4n) is 2.71. The number of hydrogen-bond donors (Lipinski definition) is 1. The van der Waals surface area contributed by atoms with E-state index in [2.05, 4.69) is 10.2 Å². The Kier molecular flexibility index (Phi) is 5.46. The molecule has 6 nitrogen and oxygen atoms in total. The third-order valence-corrected chi connectivity index (χ3v) is 4.76. The first-order valence-electron chi connectivity index (χ1n) is 8.47. The lowest BCUT2D eigenvalue weighted by molar-refractivity contribution is -0.144. The molecule has 0 radical (unpaired) electrons. The minimum atomic E-state index is -0.286. The molecule has 7 heteroatoms. The second kappa shape index (κ2) is 7.78. The van der Waals surface area contributed by atoms with Crippen LogP contribution in [0.1, 0.15) is 20.8 Å². The molecular weight excluding hydrogens is 350 g/mol. The van der Waals surface area contributed by atoms with Gasteiger partial charge in [-0.1, -0.05) is 36.0 Å². The van der Waals surface area contributed by atoms with Crippen molar-refractivity contribution in [3.8, 4) is 17.1 Å². The number of carbonyl (C=O) groups is 1. The van der Waals surface area contributed by atoms with E-state index in [9.17, 15) is 9.90 Å². The molecule has 1 aromatic heterocycles. The Morgan fingerprint density at radius 2 is 1.92 bits per heavy atom. The number of aromatic nitrogens is 3. The Morgan fingerprint density at radius 3 is 2.58 bits per heavy atom. The van der Waals surface area contributed by atoms with Gasteiger partial charge in [0, 0.05) is 6.54 Å². The molecule has 3 rings (SSSR count). The molecule has 0 saturated heterocycles. The Morgan fingerprint density at radius 1 is 1.23 bits per heavy atom. The highest BCUT2D eigenvalue weighted by molar-refractivity contribution is 7.99. The first-order chi connectivity index (χ1) is 12.5. The van der Waals surface area contributed by atoms with E-state index < -0.39 is 0 Å². The van der Waals surface area contributed by atoms with Gasteiger partial charge in [0.05, 0.1) is 17.4 Å². The van der Waals surface area contributed by atoms with Crippen molar-refractivity contribution in [2.45, 2.75) is 38.6 Å². The summed E-state index contributed by atoms with van der Waals surface area (Å²) in [5.74, 6) is 0.614. The Bertz CT molecular complexity index is 937. The van der Waals surface area contributed by atoms with Crippen LogP contribution in [0.4, 0.5) is 0 Å². The van der Waals surface area contributed by atoms with Gasteiger partial charge in [-0.05, 0) is 43.7 Å². The number of aromatic hydroxyl groups is 1. The van der Waals surface area contributed by atoms with Crippen LogP contribution in [0.5, 0.6) is 5.75 Å². The van der Waals surface area contributed by atoms with E-state index in [0.717, 1.165) is 10.8 Å². The molecule has 0 amide bonds. The summed E-state index contributed by atoms with van der Waals surface area (Å²) in [6.07, 6.45) is -0.141. The van der Waals surface area contributed by atoms with E-state index in [1.807, 2.05) is 55.7 Å². The number of nitrogens with zero attached hydrogens (tertiary/aromatic N) is 3. The van der Waals surface area contributed by atoms with Crippen molar-refractivity contribution in [1.29, 1.82) is 0 Å². The van der Waals surface area contributed by atoms with Gasteiger partial charge >= 0.3 is 5.97 Å². The first kappa shape index (κ1) is 18.3. The van der Waals surface area contributed by atoms with Crippen LogP contribution in [0.2, 0.25) is 0 Å². The van der Waals surface area contributed by atoms with Gasteiger partial charge in [-0.3, -0.25) is 4.79 Å². The predicted molar refractivity (Wildman–Crippen MR) is 102 cm³/mol. The number of phenols is 1. The number of ether oxygens (including phenoxy) is 1. The predicted octanol–water partition coefficient (Wildman–Crippen LogP) is 3.87. The zero-order valence-electron chi connectivity index (χ0n) is 15.0. The zero-order chi connectivity index (χ0) is 18.7. The fourth-order valence-corrected chi connectivity index (χ4v) is 3.49. The second-order valence-corrected chi connectivity index (χ2v) is 7.04. The standard InChI is InChI=1S/C19H21N3O3S/c1-4-22-18(20-21-19(22)26-11-17(24)25-12(2)3)15-9-13-7-5-6-8-14(13)10-16(15)23/h5-10,12,23H,4,11H2,1-3H3. The molecule has 136 valence electrons. The summed E-state index contributed by atoms with van der Waals surface area (Å²) in [6, 6.07) is 11.5. The van der Waals surface area contributed by atoms with Crippen LogP contribution in [-0.4, -0.2) is 37.7 Å². The zero-order valence-corrected chi connectivity index (χ0v) is 15.8. The number of benzene rings is 2. The number of rotatable bonds is 6. The van der Waals surface area contributed by atoms with E-state index in [1.165, 1.54) is 11.8 Å². The molecule has 2 aromatic carbocycles. The van der Waals surface area contributed by atoms with Gasteiger partial charge in [0.15, 0.2) is 11.0 Å². The Hall–Kier alpha value is -2.54. The topological polar surface area (TPSA) is 77.2 Å². The largest absolute Gasteiger partial charge is 0.507 e. The van der Waals surface area contributed by atoms with Crippen molar-refractivity contribution < 1.29 is 14.6 Å². The molecule has 1 N–H and O–H groups in total. The highest BCUT2D eigenvalue weighted by atomic mass is 32.2. The second-order valence-electron chi connectivity index (χ2n) is 6.09. The Labute approximate surface area is 156 Å². The SMILES string of the molecule is CCn1c(SCC(=O)OC(C)C)nnc1-c1cc2ccccc2cc1O. The van der Waals surface area contributed by atoms with Crippen molar-refractivity contribution in [3.05, 3.63) is 36.4 Å². The first-order valence-corrected chi connectivity index (χ1v) is 9.45. The Balaban J connectivity index is 1.91.